The average molecular weight is 490 g/mol. The maximum atomic E-state index is 13.2. The molecule has 0 radical (unpaired) electrons. The number of likely N-dealkylation sites (N-methyl/N-ethyl adjacent to an activating group) is 1. The topological polar surface area (TPSA) is 86.8 Å². The van der Waals surface area contributed by atoms with Crippen molar-refractivity contribution in [2.45, 2.75) is 19.5 Å². The Kier molecular flexibility index (Phi) is 8.27. The lowest BCUT2D eigenvalue weighted by atomic mass is 10.1. The molecule has 0 aliphatic rings. The first-order valence-electron chi connectivity index (χ1n) is 9.13. The number of nitrogens with one attached hydrogen (secondary N) is 1. The van der Waals surface area contributed by atoms with E-state index in [2.05, 4.69) is 5.32 Å². The number of nitrogens with zero attached hydrogens (tertiary/aromatic N) is 2. The Morgan fingerprint density at radius 2 is 1.74 bits per heavy atom. The first kappa shape index (κ1) is 24.9. The number of hydrogen-bond acceptors (Lipinski definition) is 4. The largest absolute Gasteiger partial charge is 0.357 e. The summed E-state index contributed by atoms with van der Waals surface area (Å²) in [6.45, 7) is 0.868. The van der Waals surface area contributed by atoms with E-state index in [-0.39, 0.29) is 22.3 Å². The molecule has 2 rings (SSSR count). The number of amides is 2. The number of hydrogen-bond donors (Lipinski definition) is 1. The predicted molar refractivity (Wildman–Crippen MR) is 119 cm³/mol. The third-order valence-electron chi connectivity index (χ3n) is 4.56. The van der Waals surface area contributed by atoms with Crippen LogP contribution in [0.1, 0.15) is 12.5 Å². The van der Waals surface area contributed by atoms with Crippen LogP contribution >= 0.6 is 23.2 Å². The summed E-state index contributed by atoms with van der Waals surface area (Å²) in [6, 6.07) is 8.94. The minimum atomic E-state index is -3.92. The molecule has 7 nitrogen and oxygen atoms in total. The molecule has 0 unspecified atom stereocenters. The van der Waals surface area contributed by atoms with Gasteiger partial charge in [-0.2, -0.15) is 0 Å². The van der Waals surface area contributed by atoms with Gasteiger partial charge in [0.1, 0.15) is 18.4 Å². The molecule has 2 aromatic rings. The second kappa shape index (κ2) is 10.3. The fourth-order valence-corrected chi connectivity index (χ4v) is 4.16. The van der Waals surface area contributed by atoms with E-state index in [9.17, 15) is 22.4 Å². The van der Waals surface area contributed by atoms with Crippen LogP contribution in [0.3, 0.4) is 0 Å². The van der Waals surface area contributed by atoms with Gasteiger partial charge < -0.3 is 10.2 Å². The molecule has 11 heteroatoms. The lowest BCUT2D eigenvalue weighted by Gasteiger charge is -2.31. The monoisotopic (exact) mass is 489 g/mol. The zero-order valence-electron chi connectivity index (χ0n) is 17.1. The van der Waals surface area contributed by atoms with E-state index in [0.717, 1.165) is 10.6 Å². The third-order valence-corrected chi connectivity index (χ3v) is 6.49. The van der Waals surface area contributed by atoms with Crippen LogP contribution in [-0.2, 0) is 26.2 Å². The van der Waals surface area contributed by atoms with E-state index < -0.39 is 40.2 Å². The highest BCUT2D eigenvalue weighted by atomic mass is 35.5. The number of rotatable bonds is 8. The summed E-state index contributed by atoms with van der Waals surface area (Å²) in [6.07, 6.45) is 0.935. The van der Waals surface area contributed by atoms with Gasteiger partial charge in [-0.25, -0.2) is 12.8 Å². The van der Waals surface area contributed by atoms with Crippen molar-refractivity contribution in [3.05, 3.63) is 63.9 Å². The molecule has 2 aromatic carbocycles. The molecule has 0 fully saturated rings. The number of benzene rings is 2. The molecule has 0 aromatic heterocycles. The van der Waals surface area contributed by atoms with Gasteiger partial charge in [-0.3, -0.25) is 13.9 Å². The van der Waals surface area contributed by atoms with Crippen molar-refractivity contribution in [2.24, 2.45) is 0 Å². The van der Waals surface area contributed by atoms with Crippen LogP contribution in [0.5, 0.6) is 0 Å². The molecule has 31 heavy (non-hydrogen) atoms. The zero-order chi connectivity index (χ0) is 23.3. The fourth-order valence-electron chi connectivity index (χ4n) is 2.86. The van der Waals surface area contributed by atoms with Gasteiger partial charge in [0.15, 0.2) is 0 Å². The van der Waals surface area contributed by atoms with Crippen LogP contribution in [-0.4, -0.2) is 51.0 Å². The molecule has 0 aliphatic carbocycles. The Balaban J connectivity index is 2.42. The van der Waals surface area contributed by atoms with Gasteiger partial charge in [0.25, 0.3) is 0 Å². The zero-order valence-corrected chi connectivity index (χ0v) is 19.4. The standard InChI is InChI=1S/C20H22Cl2FN3O4S/c1-13(20(28)24-2)25(11-14-7-9-15(23)10-8-14)18(27)12-26(31(3,29)30)17-6-4-5-16(21)19(17)22/h4-10,13H,11-12H2,1-3H3,(H,24,28)/t13-/m1/s1. The van der Waals surface area contributed by atoms with Crippen molar-refractivity contribution < 1.29 is 22.4 Å². The average Bonchev–Trinajstić information content (AvgIpc) is 2.71. The van der Waals surface area contributed by atoms with E-state index in [1.165, 1.54) is 61.3 Å². The van der Waals surface area contributed by atoms with Crippen molar-refractivity contribution in [3.63, 3.8) is 0 Å². The van der Waals surface area contributed by atoms with Gasteiger partial charge in [0, 0.05) is 13.6 Å². The maximum absolute atomic E-state index is 13.2. The van der Waals surface area contributed by atoms with Crippen molar-refractivity contribution in [1.29, 1.82) is 0 Å². The van der Waals surface area contributed by atoms with Gasteiger partial charge in [-0.1, -0.05) is 41.4 Å². The Morgan fingerprint density at radius 3 is 2.29 bits per heavy atom. The smallest absolute Gasteiger partial charge is 0.244 e. The van der Waals surface area contributed by atoms with E-state index >= 15 is 0 Å². The Hall–Kier alpha value is -2.36. The minimum absolute atomic E-state index is 0.0215. The molecular weight excluding hydrogens is 468 g/mol. The first-order chi connectivity index (χ1) is 14.5. The summed E-state index contributed by atoms with van der Waals surface area (Å²) in [4.78, 5) is 26.6. The summed E-state index contributed by atoms with van der Waals surface area (Å²) in [5, 5.41) is 2.57. The molecule has 1 N–H and O–H groups in total. The highest BCUT2D eigenvalue weighted by Gasteiger charge is 2.30. The van der Waals surface area contributed by atoms with Crippen molar-refractivity contribution in [3.8, 4) is 0 Å². The maximum Gasteiger partial charge on any atom is 0.244 e. The Labute approximate surface area is 190 Å². The van der Waals surface area contributed by atoms with E-state index in [4.69, 9.17) is 23.2 Å². The number of carbonyl (C=O) groups is 2. The van der Waals surface area contributed by atoms with Crippen molar-refractivity contribution >= 4 is 50.7 Å². The highest BCUT2D eigenvalue weighted by Crippen LogP contribution is 2.33. The van der Waals surface area contributed by atoms with Crippen molar-refractivity contribution in [1.82, 2.24) is 10.2 Å². The number of carbonyl (C=O) groups excluding carboxylic acids is 2. The van der Waals surface area contributed by atoms with Crippen LogP contribution < -0.4 is 9.62 Å². The SMILES string of the molecule is CNC(=O)[C@@H](C)N(Cc1ccc(F)cc1)C(=O)CN(c1cccc(Cl)c1Cl)S(C)(=O)=O. The van der Waals surface area contributed by atoms with Gasteiger partial charge in [-0.15, -0.1) is 0 Å². The minimum Gasteiger partial charge on any atom is -0.357 e. The van der Waals surface area contributed by atoms with Gasteiger partial charge in [-0.05, 0) is 36.8 Å². The molecule has 0 bridgehead atoms. The quantitative estimate of drug-likeness (QED) is 0.617. The second-order valence-electron chi connectivity index (χ2n) is 6.78. The lowest BCUT2D eigenvalue weighted by molar-refractivity contribution is -0.139. The molecule has 0 aliphatic heterocycles. The van der Waals surface area contributed by atoms with E-state index in [1.807, 2.05) is 0 Å². The molecule has 0 saturated carbocycles. The summed E-state index contributed by atoms with van der Waals surface area (Å²) < 4.78 is 39.0. The first-order valence-corrected chi connectivity index (χ1v) is 11.7. The third kappa shape index (κ3) is 6.32. The summed E-state index contributed by atoms with van der Waals surface area (Å²) in [7, 11) is -2.50. The molecule has 0 saturated heterocycles. The summed E-state index contributed by atoms with van der Waals surface area (Å²) >= 11 is 12.2. The second-order valence-corrected chi connectivity index (χ2v) is 9.47. The lowest BCUT2D eigenvalue weighted by Crippen LogP contribution is -2.50. The van der Waals surface area contributed by atoms with Crippen LogP contribution in [0.25, 0.3) is 0 Å². The molecule has 0 heterocycles. The molecule has 2 amide bonds. The van der Waals surface area contributed by atoms with Crippen LogP contribution in [0.15, 0.2) is 42.5 Å². The fraction of sp³-hybridized carbons (Fsp3) is 0.300. The van der Waals surface area contributed by atoms with Crippen LogP contribution in [0.2, 0.25) is 10.0 Å². The Morgan fingerprint density at radius 1 is 1.13 bits per heavy atom. The normalized spacial score (nSPS) is 12.2. The Bertz CT molecular complexity index is 1060. The summed E-state index contributed by atoms with van der Waals surface area (Å²) in [5.74, 6) is -1.54. The van der Waals surface area contributed by atoms with Crippen LogP contribution in [0, 0.1) is 5.82 Å². The molecule has 1 atom stereocenters. The molecular formula is C20H22Cl2FN3O4S. The van der Waals surface area contributed by atoms with E-state index in [0.29, 0.717) is 5.56 Å². The number of sulfonamides is 1. The molecule has 0 spiro atoms. The van der Waals surface area contributed by atoms with Gasteiger partial charge >= 0.3 is 0 Å². The van der Waals surface area contributed by atoms with Gasteiger partial charge in [0.05, 0.1) is 22.0 Å². The predicted octanol–water partition coefficient (Wildman–Crippen LogP) is 3.06. The van der Waals surface area contributed by atoms with Gasteiger partial charge in [0.2, 0.25) is 21.8 Å². The number of anilines is 1. The summed E-state index contributed by atoms with van der Waals surface area (Å²) in [5.41, 5.74) is 0.608. The number of halogens is 3. The molecule has 168 valence electrons. The highest BCUT2D eigenvalue weighted by molar-refractivity contribution is 7.92. The van der Waals surface area contributed by atoms with Crippen molar-refractivity contribution in [2.75, 3.05) is 24.2 Å². The van der Waals surface area contributed by atoms with Crippen LogP contribution in [0.4, 0.5) is 10.1 Å². The van der Waals surface area contributed by atoms with E-state index in [1.54, 1.807) is 0 Å².